The van der Waals surface area contributed by atoms with Crippen LogP contribution in [0.25, 0.3) is 0 Å². The second-order valence-corrected chi connectivity index (χ2v) is 10.4. The number of likely N-dealkylation sites (tertiary alicyclic amines) is 2. The molecule has 2 aliphatic rings. The summed E-state index contributed by atoms with van der Waals surface area (Å²) in [7, 11) is 2.37. The van der Waals surface area contributed by atoms with Gasteiger partial charge in [0.2, 0.25) is 5.91 Å². The van der Waals surface area contributed by atoms with Crippen LogP contribution >= 0.6 is 0 Å². The van der Waals surface area contributed by atoms with Crippen LogP contribution in [0.2, 0.25) is 0 Å². The van der Waals surface area contributed by atoms with Gasteiger partial charge in [-0.3, -0.25) is 14.5 Å². The van der Waals surface area contributed by atoms with Crippen molar-refractivity contribution < 1.29 is 42.9 Å². The van der Waals surface area contributed by atoms with E-state index in [1.807, 2.05) is 30.3 Å². The fourth-order valence-electron chi connectivity index (χ4n) is 4.93. The molecule has 2 aliphatic heterocycles. The summed E-state index contributed by atoms with van der Waals surface area (Å²) in [5.74, 6) is -3.98. The lowest BCUT2D eigenvalue weighted by atomic mass is 9.84. The highest BCUT2D eigenvalue weighted by atomic mass is 16.6. The lowest BCUT2D eigenvalue weighted by Gasteiger charge is -2.44. The van der Waals surface area contributed by atoms with E-state index in [0.29, 0.717) is 12.8 Å². The maximum absolute atomic E-state index is 14.1. The minimum absolute atomic E-state index is 0.0243. The van der Waals surface area contributed by atoms with Crippen molar-refractivity contribution in [2.24, 2.45) is 5.92 Å². The first-order chi connectivity index (χ1) is 18.0. The van der Waals surface area contributed by atoms with Gasteiger partial charge in [-0.05, 0) is 52.0 Å². The van der Waals surface area contributed by atoms with Crippen molar-refractivity contribution in [3.05, 3.63) is 35.9 Å². The molecule has 2 heterocycles. The van der Waals surface area contributed by atoms with Crippen LogP contribution in [0.4, 0.5) is 4.79 Å². The molecule has 38 heavy (non-hydrogen) atoms. The monoisotopic (exact) mass is 532 g/mol. The van der Waals surface area contributed by atoms with Gasteiger partial charge in [-0.1, -0.05) is 30.3 Å². The van der Waals surface area contributed by atoms with Crippen LogP contribution in [0.1, 0.15) is 52.0 Å². The largest absolute Gasteiger partial charge is 0.469 e. The molecule has 0 spiro atoms. The van der Waals surface area contributed by atoms with Crippen LogP contribution in [0, 0.1) is 5.92 Å². The van der Waals surface area contributed by atoms with Gasteiger partial charge >= 0.3 is 24.0 Å². The molecule has 0 saturated carbocycles. The number of esters is 3. The predicted octanol–water partition coefficient (Wildman–Crippen LogP) is 2.45. The summed E-state index contributed by atoms with van der Waals surface area (Å²) < 4.78 is 20.9. The number of nitrogens with zero attached hydrogens (tertiary/aromatic N) is 2. The molecule has 0 aromatic heterocycles. The minimum Gasteiger partial charge on any atom is -0.469 e. The van der Waals surface area contributed by atoms with Gasteiger partial charge < -0.3 is 23.8 Å². The Morgan fingerprint density at radius 3 is 2.13 bits per heavy atom. The first-order valence-electron chi connectivity index (χ1n) is 12.7. The van der Waals surface area contributed by atoms with Crippen LogP contribution < -0.4 is 0 Å². The minimum atomic E-state index is -1.44. The summed E-state index contributed by atoms with van der Waals surface area (Å²) in [6, 6.07) is 5.54. The number of carbonyl (C=O) groups excluding carboxylic acids is 5. The molecule has 1 aromatic carbocycles. The van der Waals surface area contributed by atoms with E-state index >= 15 is 0 Å². The number of methoxy groups -OCH3 is 2. The molecule has 3 rings (SSSR count). The van der Waals surface area contributed by atoms with Gasteiger partial charge in [-0.15, -0.1) is 0 Å². The Bertz CT molecular complexity index is 1040. The van der Waals surface area contributed by atoms with E-state index < -0.39 is 59.6 Å². The molecule has 11 heteroatoms. The molecule has 0 N–H and O–H groups in total. The molecule has 0 aliphatic carbocycles. The number of ether oxygens (including phenoxy) is 4. The highest BCUT2D eigenvalue weighted by molar-refractivity contribution is 5.96. The topological polar surface area (TPSA) is 129 Å². The molecule has 11 nitrogen and oxygen atoms in total. The van der Waals surface area contributed by atoms with Gasteiger partial charge in [-0.25, -0.2) is 14.4 Å². The molecule has 2 saturated heterocycles. The molecule has 208 valence electrons. The normalized spacial score (nSPS) is 23.4. The summed E-state index contributed by atoms with van der Waals surface area (Å²) >= 11 is 0. The maximum atomic E-state index is 14.1. The average Bonchev–Trinajstić information content (AvgIpc) is 3.39. The molecule has 4 atom stereocenters. The van der Waals surface area contributed by atoms with E-state index in [1.165, 1.54) is 19.1 Å². The van der Waals surface area contributed by atoms with Gasteiger partial charge in [0.15, 0.2) is 0 Å². The van der Waals surface area contributed by atoms with Crippen molar-refractivity contribution >= 4 is 29.9 Å². The second kappa shape index (κ2) is 12.3. The first-order valence-corrected chi connectivity index (χ1v) is 12.7. The number of benzene rings is 1. The van der Waals surface area contributed by atoms with E-state index in [1.54, 1.807) is 20.8 Å². The maximum Gasteiger partial charge on any atom is 0.410 e. The third kappa shape index (κ3) is 6.62. The third-order valence-electron chi connectivity index (χ3n) is 6.63. The van der Waals surface area contributed by atoms with Crippen molar-refractivity contribution in [1.29, 1.82) is 0 Å². The summed E-state index contributed by atoms with van der Waals surface area (Å²) in [4.78, 5) is 68.3. The SMILES string of the molecule is COC(=O)[C@H]1CC[C@@H](C(=O)OC)N(C(=O)[C@@H]2CCCN2C(=O)OCc2ccccc2)[C@@H]1C(=O)OC(C)(C)C. The van der Waals surface area contributed by atoms with Gasteiger partial charge in [0.05, 0.1) is 20.1 Å². The summed E-state index contributed by atoms with van der Waals surface area (Å²) in [6.07, 6.45) is 0.310. The summed E-state index contributed by atoms with van der Waals surface area (Å²) in [5.41, 5.74) is -0.138. The van der Waals surface area contributed by atoms with Gasteiger partial charge in [-0.2, -0.15) is 0 Å². The van der Waals surface area contributed by atoms with Crippen molar-refractivity contribution in [1.82, 2.24) is 9.80 Å². The first kappa shape index (κ1) is 28.9. The van der Waals surface area contributed by atoms with Crippen LogP contribution in [-0.2, 0) is 44.7 Å². The Balaban J connectivity index is 1.93. The fraction of sp³-hybridized carbons (Fsp3) is 0.593. The Kier molecular flexibility index (Phi) is 9.35. The highest BCUT2D eigenvalue weighted by Crippen LogP contribution is 2.34. The van der Waals surface area contributed by atoms with Crippen molar-refractivity contribution in [3.8, 4) is 0 Å². The zero-order valence-corrected chi connectivity index (χ0v) is 22.5. The van der Waals surface area contributed by atoms with E-state index in [0.717, 1.165) is 10.5 Å². The molecule has 1 aromatic rings. The molecular weight excluding hydrogens is 496 g/mol. The van der Waals surface area contributed by atoms with E-state index in [9.17, 15) is 24.0 Å². The molecule has 2 amide bonds. The smallest absolute Gasteiger partial charge is 0.410 e. The standard InChI is InChI=1S/C27H36N2O9/c1-27(2,3)38-25(33)21-18(23(31)35-4)13-14-20(24(32)36-5)29(21)22(30)19-12-9-15-28(19)26(34)37-16-17-10-7-6-8-11-17/h6-8,10-11,18-21H,9,12-16H2,1-5H3/t18-,19-,20-,21-/m0/s1. The highest BCUT2D eigenvalue weighted by Gasteiger charge is 2.53. The number of amides is 2. The van der Waals surface area contributed by atoms with E-state index in [2.05, 4.69) is 0 Å². The Labute approximate surface area is 222 Å². The van der Waals surface area contributed by atoms with Gasteiger partial charge in [0.1, 0.15) is 30.3 Å². The molecule has 0 bridgehead atoms. The predicted molar refractivity (Wildman–Crippen MR) is 133 cm³/mol. The Morgan fingerprint density at radius 2 is 1.53 bits per heavy atom. The Hall–Kier alpha value is -3.63. The molecule has 0 unspecified atom stereocenters. The molecule has 0 radical (unpaired) electrons. The van der Waals surface area contributed by atoms with E-state index in [-0.39, 0.29) is 26.0 Å². The van der Waals surface area contributed by atoms with Crippen LogP contribution in [0.15, 0.2) is 30.3 Å². The van der Waals surface area contributed by atoms with Crippen molar-refractivity contribution in [3.63, 3.8) is 0 Å². The lowest BCUT2D eigenvalue weighted by molar-refractivity contribution is -0.182. The Morgan fingerprint density at radius 1 is 0.868 bits per heavy atom. The number of rotatable bonds is 6. The van der Waals surface area contributed by atoms with Crippen LogP contribution in [0.3, 0.4) is 0 Å². The fourth-order valence-corrected chi connectivity index (χ4v) is 4.93. The van der Waals surface area contributed by atoms with Crippen molar-refractivity contribution in [2.75, 3.05) is 20.8 Å². The molecular formula is C27H36N2O9. The van der Waals surface area contributed by atoms with Gasteiger partial charge in [0, 0.05) is 6.54 Å². The lowest BCUT2D eigenvalue weighted by Crippen LogP contribution is -2.65. The quantitative estimate of drug-likeness (QED) is 0.401. The zero-order chi connectivity index (χ0) is 28.0. The summed E-state index contributed by atoms with van der Waals surface area (Å²) in [6.45, 7) is 5.26. The van der Waals surface area contributed by atoms with E-state index in [4.69, 9.17) is 18.9 Å². The molecule has 2 fully saturated rings. The number of hydrogen-bond acceptors (Lipinski definition) is 9. The second-order valence-electron chi connectivity index (χ2n) is 10.4. The number of hydrogen-bond donors (Lipinski definition) is 0. The average molecular weight is 533 g/mol. The van der Waals surface area contributed by atoms with Crippen LogP contribution in [-0.4, -0.2) is 84.2 Å². The van der Waals surface area contributed by atoms with Crippen LogP contribution in [0.5, 0.6) is 0 Å². The number of piperidine rings is 1. The van der Waals surface area contributed by atoms with Crippen molar-refractivity contribution in [2.45, 2.75) is 76.8 Å². The third-order valence-corrected chi connectivity index (χ3v) is 6.63. The van der Waals surface area contributed by atoms with Gasteiger partial charge in [0.25, 0.3) is 0 Å². The zero-order valence-electron chi connectivity index (χ0n) is 22.5. The summed E-state index contributed by atoms with van der Waals surface area (Å²) in [5, 5.41) is 0. The number of carbonyl (C=O) groups is 5.